The summed E-state index contributed by atoms with van der Waals surface area (Å²) in [4.78, 5) is 6.09. The third-order valence-corrected chi connectivity index (χ3v) is 6.47. The van der Waals surface area contributed by atoms with Crippen molar-refractivity contribution in [2.24, 2.45) is 0 Å². The number of benzene rings is 1. The maximum atomic E-state index is 12.9. The Kier molecular flexibility index (Phi) is 3.81. The van der Waals surface area contributed by atoms with Gasteiger partial charge in [-0.25, -0.2) is 8.42 Å². The first kappa shape index (κ1) is 15.0. The molecule has 0 aliphatic carbocycles. The maximum absolute atomic E-state index is 12.9. The second-order valence-electron chi connectivity index (χ2n) is 6.14. The van der Waals surface area contributed by atoms with Crippen LogP contribution in [0.1, 0.15) is 25.3 Å². The van der Waals surface area contributed by atoms with Crippen LogP contribution in [0.15, 0.2) is 29.2 Å². The average molecular weight is 310 g/mol. The van der Waals surface area contributed by atoms with E-state index >= 15 is 0 Å². The van der Waals surface area contributed by atoms with E-state index in [1.165, 1.54) is 0 Å². The van der Waals surface area contributed by atoms with Crippen LogP contribution in [0.3, 0.4) is 0 Å². The van der Waals surface area contributed by atoms with Crippen LogP contribution in [0.2, 0.25) is 0 Å². The number of aryl methyl sites for hydroxylation is 1. The Balaban J connectivity index is 1.90. The highest BCUT2D eigenvalue weighted by atomic mass is 32.2. The molecule has 0 unspecified atom stereocenters. The zero-order valence-corrected chi connectivity index (χ0v) is 13.5. The average Bonchev–Trinajstić information content (AvgIpc) is 2.65. The highest BCUT2D eigenvalue weighted by Gasteiger charge is 2.42. The van der Waals surface area contributed by atoms with Crippen molar-refractivity contribution in [3.05, 3.63) is 29.8 Å². The summed E-state index contributed by atoms with van der Waals surface area (Å²) in [5.74, 6) is 0. The molecule has 0 spiro atoms. The number of rotatable bonds is 2. The van der Waals surface area contributed by atoms with E-state index in [-0.39, 0.29) is 12.1 Å². The monoisotopic (exact) mass is 310 g/mol. The molecule has 2 saturated heterocycles. The van der Waals surface area contributed by atoms with Crippen LogP contribution < -0.4 is 0 Å². The van der Waals surface area contributed by atoms with Gasteiger partial charge in [0, 0.05) is 25.7 Å². The van der Waals surface area contributed by atoms with E-state index in [1.54, 1.807) is 16.4 Å². The molecule has 2 fully saturated rings. The van der Waals surface area contributed by atoms with E-state index in [9.17, 15) is 8.42 Å². The zero-order chi connectivity index (χ0) is 15.2. The Labute approximate surface area is 126 Å². The first-order chi connectivity index (χ1) is 9.88. The van der Waals surface area contributed by atoms with Crippen LogP contribution in [0.4, 0.5) is 0 Å². The van der Waals surface area contributed by atoms with Crippen LogP contribution in [0.25, 0.3) is 0 Å². The molecule has 0 aromatic heterocycles. The molecule has 0 N–H and O–H groups in total. The van der Waals surface area contributed by atoms with E-state index in [2.05, 4.69) is 0 Å². The third-order valence-electron chi connectivity index (χ3n) is 4.48. The second-order valence-corrected chi connectivity index (χ2v) is 8.03. The number of fused-ring (bicyclic) bond motifs is 2. The molecule has 6 heteroatoms. The molecule has 5 nitrogen and oxygen atoms in total. The molecule has 2 aliphatic heterocycles. The lowest BCUT2D eigenvalue weighted by Gasteiger charge is -2.32. The van der Waals surface area contributed by atoms with Crippen LogP contribution >= 0.6 is 0 Å². The summed E-state index contributed by atoms with van der Waals surface area (Å²) in [6.07, 6.45) is 1.67. The van der Waals surface area contributed by atoms with Gasteiger partial charge in [0.05, 0.1) is 11.0 Å². The van der Waals surface area contributed by atoms with Crippen molar-refractivity contribution >= 4 is 10.0 Å². The lowest BCUT2D eigenvalue weighted by molar-refractivity contribution is -0.155. The minimum absolute atomic E-state index is 0.0161. The van der Waals surface area contributed by atoms with Crippen LogP contribution in [0.5, 0.6) is 0 Å². The predicted molar refractivity (Wildman–Crippen MR) is 80.2 cm³/mol. The van der Waals surface area contributed by atoms with E-state index < -0.39 is 10.0 Å². The van der Waals surface area contributed by atoms with E-state index in [1.807, 2.05) is 38.1 Å². The number of nitrogens with zero attached hydrogens (tertiary/aromatic N) is 2. The Bertz CT molecular complexity index is 614. The molecule has 3 atom stereocenters. The first-order valence-corrected chi connectivity index (χ1v) is 8.80. The SMILES string of the molecule is Cc1ccc(S(=O)(=O)N2C[C@@H]3C[C@H](C[C@H]2C)N(C)O3)cc1. The summed E-state index contributed by atoms with van der Waals surface area (Å²) in [7, 11) is -1.52. The van der Waals surface area contributed by atoms with Gasteiger partial charge in [-0.2, -0.15) is 9.37 Å². The van der Waals surface area contributed by atoms with Gasteiger partial charge in [0.15, 0.2) is 0 Å². The lowest BCUT2D eigenvalue weighted by Crippen LogP contribution is -2.45. The zero-order valence-electron chi connectivity index (χ0n) is 12.7. The Morgan fingerprint density at radius 3 is 2.52 bits per heavy atom. The molecule has 0 amide bonds. The highest BCUT2D eigenvalue weighted by molar-refractivity contribution is 7.89. The van der Waals surface area contributed by atoms with Crippen molar-refractivity contribution < 1.29 is 13.3 Å². The normalized spacial score (nSPS) is 31.3. The third kappa shape index (κ3) is 2.73. The quantitative estimate of drug-likeness (QED) is 0.835. The Morgan fingerprint density at radius 1 is 1.19 bits per heavy atom. The van der Waals surface area contributed by atoms with Gasteiger partial charge in [-0.3, -0.25) is 4.84 Å². The fourth-order valence-electron chi connectivity index (χ4n) is 3.24. The van der Waals surface area contributed by atoms with Gasteiger partial charge < -0.3 is 0 Å². The molecule has 2 bridgehead atoms. The molecule has 3 rings (SSSR count). The minimum atomic E-state index is -3.46. The summed E-state index contributed by atoms with van der Waals surface area (Å²) >= 11 is 0. The molecule has 1 aromatic rings. The summed E-state index contributed by atoms with van der Waals surface area (Å²) in [5, 5.41) is 1.89. The molecular formula is C15H22N2O3S. The van der Waals surface area contributed by atoms with Crippen molar-refractivity contribution in [2.75, 3.05) is 13.6 Å². The smallest absolute Gasteiger partial charge is 0.243 e. The first-order valence-electron chi connectivity index (χ1n) is 7.36. The second kappa shape index (κ2) is 5.35. The molecular weight excluding hydrogens is 288 g/mol. The van der Waals surface area contributed by atoms with E-state index in [0.717, 1.165) is 18.4 Å². The lowest BCUT2D eigenvalue weighted by atomic mass is 10.1. The van der Waals surface area contributed by atoms with Gasteiger partial charge in [-0.15, -0.1) is 0 Å². The van der Waals surface area contributed by atoms with Crippen LogP contribution in [0, 0.1) is 6.92 Å². The molecule has 2 aliphatic rings. The van der Waals surface area contributed by atoms with Gasteiger partial charge in [0.25, 0.3) is 0 Å². The van der Waals surface area contributed by atoms with Crippen molar-refractivity contribution in [3.63, 3.8) is 0 Å². The number of sulfonamides is 1. The fourth-order valence-corrected chi connectivity index (χ4v) is 4.91. The largest absolute Gasteiger partial charge is 0.294 e. The molecule has 1 aromatic carbocycles. The van der Waals surface area contributed by atoms with Crippen molar-refractivity contribution in [2.45, 2.75) is 49.8 Å². The maximum Gasteiger partial charge on any atom is 0.243 e. The van der Waals surface area contributed by atoms with Crippen LogP contribution in [-0.4, -0.2) is 49.6 Å². The molecule has 0 saturated carbocycles. The van der Waals surface area contributed by atoms with Gasteiger partial charge in [-0.05, 0) is 38.8 Å². The summed E-state index contributed by atoms with van der Waals surface area (Å²) in [6.45, 7) is 4.37. The Hall–Kier alpha value is -0.950. The molecule has 0 radical (unpaired) electrons. The number of hydrogen-bond acceptors (Lipinski definition) is 4. The molecule has 116 valence electrons. The number of hydrogen-bond donors (Lipinski definition) is 0. The van der Waals surface area contributed by atoms with Gasteiger partial charge >= 0.3 is 0 Å². The highest BCUT2D eigenvalue weighted by Crippen LogP contribution is 2.32. The number of hydroxylamine groups is 2. The van der Waals surface area contributed by atoms with Crippen molar-refractivity contribution in [3.8, 4) is 0 Å². The van der Waals surface area contributed by atoms with E-state index in [0.29, 0.717) is 17.5 Å². The fraction of sp³-hybridized carbons (Fsp3) is 0.600. The van der Waals surface area contributed by atoms with Crippen molar-refractivity contribution in [1.82, 2.24) is 9.37 Å². The van der Waals surface area contributed by atoms with Gasteiger partial charge in [0.2, 0.25) is 10.0 Å². The van der Waals surface area contributed by atoms with Gasteiger partial charge in [0.1, 0.15) is 0 Å². The van der Waals surface area contributed by atoms with Crippen LogP contribution in [-0.2, 0) is 14.9 Å². The molecule has 2 heterocycles. The Morgan fingerprint density at radius 2 is 1.86 bits per heavy atom. The molecule has 21 heavy (non-hydrogen) atoms. The standard InChI is InChI=1S/C15H22N2O3S/c1-11-4-6-15(7-5-11)21(18,19)17-10-14-9-13(8-12(17)2)16(3)20-14/h4-7,12-14H,8-10H2,1-3H3/t12-,13+,14+/m1/s1. The predicted octanol–water partition coefficient (Wildman–Crippen LogP) is 1.78. The summed E-state index contributed by atoms with van der Waals surface area (Å²) in [6, 6.07) is 7.35. The minimum Gasteiger partial charge on any atom is -0.294 e. The topological polar surface area (TPSA) is 49.9 Å². The summed E-state index contributed by atoms with van der Waals surface area (Å²) < 4.78 is 27.4. The van der Waals surface area contributed by atoms with Crippen molar-refractivity contribution in [1.29, 1.82) is 0 Å². The van der Waals surface area contributed by atoms with Gasteiger partial charge in [-0.1, -0.05) is 17.7 Å². The summed E-state index contributed by atoms with van der Waals surface area (Å²) in [5.41, 5.74) is 1.06. The van der Waals surface area contributed by atoms with E-state index in [4.69, 9.17) is 4.84 Å².